The molecule has 0 aliphatic carbocycles. The number of nitrogen functional groups attached to an aromatic ring is 1. The van der Waals surface area contributed by atoms with Crippen LogP contribution in [0.1, 0.15) is 113 Å². The normalized spacial score (nSPS) is 19.8. The molecule has 0 radical (unpaired) electrons. The van der Waals surface area contributed by atoms with Crippen molar-refractivity contribution in [1.29, 1.82) is 0 Å². The molecule has 3 aromatic heterocycles. The Morgan fingerprint density at radius 3 is 2.40 bits per heavy atom. The Kier molecular flexibility index (Phi) is 14.8. The molecule has 0 bridgehead atoms. The maximum absolute atomic E-state index is 14.4. The monoisotopic (exact) mass is 951 g/mol. The summed E-state index contributed by atoms with van der Waals surface area (Å²) in [6.07, 6.45) is 4.68. The first kappa shape index (κ1) is 48.5. The number of aliphatic hydroxyl groups is 1. The van der Waals surface area contributed by atoms with Crippen molar-refractivity contribution in [2.75, 3.05) is 55.2 Å². The molecule has 2 amide bonds. The molecule has 4 atom stereocenters. The summed E-state index contributed by atoms with van der Waals surface area (Å²) < 4.78 is 22.0. The molecule has 3 aliphatic rings. The van der Waals surface area contributed by atoms with Gasteiger partial charge in [0.15, 0.2) is 17.4 Å². The van der Waals surface area contributed by atoms with Gasteiger partial charge >= 0.3 is 0 Å². The zero-order chi connectivity index (χ0) is 48.4. The topological polar surface area (TPSA) is 217 Å². The van der Waals surface area contributed by atoms with E-state index < -0.39 is 23.9 Å². The minimum atomic E-state index is -0.819. The number of carbonyl (C=O) groups is 2. The molecule has 5 aromatic rings. The fourth-order valence-electron chi connectivity index (χ4n) is 9.97. The fraction of sp³-hybridized carbons (Fsp3) is 0.500. The van der Waals surface area contributed by atoms with Gasteiger partial charge < -0.3 is 51.5 Å². The molecule has 6 heterocycles. The standard InChI is InChI=1S/C50H66FN11O5S/c1-28(2)45(50(66)61-26-37(63)22-41(61)49(65)56-30(5)33-7-9-34(10-8-33)47-31(6)54-27-68-47)43-24-44(58-67-43)60-19-13-32(14-20-60)25-59-17-15-36(16-18-59)62-40(46(53)48(57-62)55-29(3)4)23-39(52)38-21-35(51)11-12-42(38)64/h7-12,21,23-24,27-30,32,36-37,41,45,63-64H,13-20,22,25-26,52-53H2,1-6H3,(H,55,57)(H,56,65)/b39-23-/t30-,37+,41-,45?/m0/s1. The molecule has 8 rings (SSSR count). The summed E-state index contributed by atoms with van der Waals surface area (Å²) in [4.78, 5) is 39.9. The highest BCUT2D eigenvalue weighted by Crippen LogP contribution is 2.37. The number of phenols is 1. The van der Waals surface area contributed by atoms with Crippen LogP contribution in [0.25, 0.3) is 22.2 Å². The van der Waals surface area contributed by atoms with E-state index in [1.165, 1.54) is 23.1 Å². The van der Waals surface area contributed by atoms with Crippen molar-refractivity contribution < 1.29 is 28.7 Å². The quantitative estimate of drug-likeness (QED) is 0.0616. The van der Waals surface area contributed by atoms with Gasteiger partial charge in [-0.15, -0.1) is 11.3 Å². The molecule has 8 N–H and O–H groups in total. The lowest BCUT2D eigenvalue weighted by Gasteiger charge is -2.37. The first-order valence-electron chi connectivity index (χ1n) is 23.9. The van der Waals surface area contributed by atoms with Crippen LogP contribution < -0.4 is 27.0 Å². The Morgan fingerprint density at radius 1 is 1.01 bits per heavy atom. The number of amides is 2. The maximum Gasteiger partial charge on any atom is 0.243 e. The van der Waals surface area contributed by atoms with Gasteiger partial charge in [-0.1, -0.05) is 43.3 Å². The van der Waals surface area contributed by atoms with Crippen molar-refractivity contribution in [1.82, 2.24) is 35.0 Å². The number of phenolic OH excluding ortho intramolecular Hbond substituents is 1. The number of halogens is 1. The lowest BCUT2D eigenvalue weighted by molar-refractivity contribution is -0.141. The van der Waals surface area contributed by atoms with E-state index in [-0.39, 0.29) is 65.8 Å². The Balaban J connectivity index is 0.850. The molecule has 0 spiro atoms. The molecule has 2 aromatic carbocycles. The Bertz CT molecular complexity index is 2570. The number of β-amino-alcohol motifs (C(OH)–C–C–N with tert-alkyl or cyclic N) is 1. The van der Waals surface area contributed by atoms with E-state index in [0.717, 1.165) is 80.1 Å². The largest absolute Gasteiger partial charge is 0.507 e. The van der Waals surface area contributed by atoms with E-state index in [4.69, 9.17) is 21.1 Å². The zero-order valence-electron chi connectivity index (χ0n) is 39.9. The number of nitrogens with one attached hydrogen (secondary N) is 2. The van der Waals surface area contributed by atoms with Crippen LogP contribution >= 0.6 is 11.3 Å². The van der Waals surface area contributed by atoms with Crippen molar-refractivity contribution >= 4 is 52.2 Å². The number of thiazole rings is 1. The molecule has 3 fully saturated rings. The summed E-state index contributed by atoms with van der Waals surface area (Å²) in [6.45, 7) is 16.3. The number of aromatic hydroxyl groups is 1. The highest BCUT2D eigenvalue weighted by atomic mass is 32.1. The molecule has 68 heavy (non-hydrogen) atoms. The predicted octanol–water partition coefficient (Wildman–Crippen LogP) is 7.14. The molecule has 0 saturated carbocycles. The molecule has 3 aliphatic heterocycles. The van der Waals surface area contributed by atoms with Crippen LogP contribution in [0.5, 0.6) is 5.75 Å². The average molecular weight is 952 g/mol. The van der Waals surface area contributed by atoms with Gasteiger partial charge in [0, 0.05) is 69.1 Å². The van der Waals surface area contributed by atoms with Gasteiger partial charge in [-0.05, 0) is 101 Å². The number of nitrogens with two attached hydrogens (primary N) is 2. The second-order valence-corrected chi connectivity index (χ2v) is 20.3. The summed E-state index contributed by atoms with van der Waals surface area (Å²) in [6, 6.07) is 12.6. The molecule has 364 valence electrons. The van der Waals surface area contributed by atoms with E-state index in [2.05, 4.69) is 30.6 Å². The summed E-state index contributed by atoms with van der Waals surface area (Å²) in [7, 11) is 0. The number of benzene rings is 2. The van der Waals surface area contributed by atoms with Crippen molar-refractivity contribution in [3.8, 4) is 16.2 Å². The third kappa shape index (κ3) is 10.7. The number of hydrogen-bond donors (Lipinski definition) is 6. The number of nitrogens with zero attached hydrogens (tertiary/aromatic N) is 7. The molecular weight excluding hydrogens is 886 g/mol. The zero-order valence-corrected chi connectivity index (χ0v) is 40.7. The van der Waals surface area contributed by atoms with Crippen LogP contribution in [0.4, 0.5) is 21.7 Å². The second kappa shape index (κ2) is 20.7. The number of likely N-dealkylation sites (tertiary alicyclic amines) is 2. The SMILES string of the molecule is Cc1ncsc1-c1ccc([C@H](C)NC(=O)[C@@H]2C[C@@H](O)CN2C(=O)C(c2cc(N3CCC(CN4CCC(n5nc(NC(C)C)c(N)c5/C=C(\N)c5cc(F)ccc5O)CC4)CC3)no2)C(C)C)cc1. The third-order valence-electron chi connectivity index (χ3n) is 13.7. The van der Waals surface area contributed by atoms with Crippen molar-refractivity contribution in [3.05, 3.63) is 88.1 Å². The van der Waals surface area contributed by atoms with E-state index in [1.54, 1.807) is 17.4 Å². The minimum Gasteiger partial charge on any atom is -0.507 e. The van der Waals surface area contributed by atoms with E-state index >= 15 is 0 Å². The van der Waals surface area contributed by atoms with Gasteiger partial charge in [0.25, 0.3) is 0 Å². The Morgan fingerprint density at radius 2 is 1.74 bits per heavy atom. The van der Waals surface area contributed by atoms with Crippen molar-refractivity contribution in [3.63, 3.8) is 0 Å². The van der Waals surface area contributed by atoms with E-state index in [0.29, 0.717) is 34.7 Å². The Labute approximate surface area is 401 Å². The van der Waals surface area contributed by atoms with Crippen LogP contribution in [-0.2, 0) is 9.59 Å². The highest BCUT2D eigenvalue weighted by molar-refractivity contribution is 7.13. The molecule has 1 unspecified atom stereocenters. The van der Waals surface area contributed by atoms with Crippen molar-refractivity contribution in [2.24, 2.45) is 17.6 Å². The van der Waals surface area contributed by atoms with Crippen LogP contribution in [0, 0.1) is 24.6 Å². The van der Waals surface area contributed by atoms with Gasteiger partial charge in [0.05, 0.1) is 40.0 Å². The van der Waals surface area contributed by atoms with Gasteiger partial charge in [-0.2, -0.15) is 5.10 Å². The van der Waals surface area contributed by atoms with Crippen LogP contribution in [-0.4, -0.2) is 109 Å². The molecule has 18 heteroatoms. The van der Waals surface area contributed by atoms with Crippen LogP contribution in [0.2, 0.25) is 0 Å². The summed E-state index contributed by atoms with van der Waals surface area (Å²) in [5.74, 6) is 0.193. The number of hydrogen-bond acceptors (Lipinski definition) is 14. The average Bonchev–Trinajstić information content (AvgIpc) is 4.12. The first-order chi connectivity index (χ1) is 32.5. The second-order valence-electron chi connectivity index (χ2n) is 19.4. The predicted molar refractivity (Wildman–Crippen MR) is 264 cm³/mol. The summed E-state index contributed by atoms with van der Waals surface area (Å²) in [5, 5.41) is 37.0. The van der Waals surface area contributed by atoms with Gasteiger partial charge in [0.1, 0.15) is 29.2 Å². The number of piperidine rings is 2. The lowest BCUT2D eigenvalue weighted by Crippen LogP contribution is -2.48. The first-order valence-corrected chi connectivity index (χ1v) is 24.8. The summed E-state index contributed by atoms with van der Waals surface area (Å²) in [5.41, 5.74) is 19.3. The minimum absolute atomic E-state index is 0.0653. The van der Waals surface area contributed by atoms with Gasteiger partial charge in [-0.25, -0.2) is 9.37 Å². The number of aliphatic hydroxyl groups excluding tert-OH is 1. The number of carbonyl (C=O) groups excluding carboxylic acids is 2. The number of aromatic nitrogens is 4. The third-order valence-corrected chi connectivity index (χ3v) is 14.7. The molecule has 16 nitrogen and oxygen atoms in total. The number of aryl methyl sites for hydroxylation is 1. The Hall–Kier alpha value is -5.98. The van der Waals surface area contributed by atoms with E-state index in [1.807, 2.05) is 82.1 Å². The molecular formula is C50H66FN11O5S. The number of rotatable bonds is 15. The highest BCUT2D eigenvalue weighted by Gasteiger charge is 2.44. The fourth-order valence-corrected chi connectivity index (χ4v) is 10.8. The summed E-state index contributed by atoms with van der Waals surface area (Å²) >= 11 is 1.59. The molecule has 3 saturated heterocycles. The van der Waals surface area contributed by atoms with Gasteiger partial charge in [0.2, 0.25) is 11.8 Å². The van der Waals surface area contributed by atoms with Crippen LogP contribution in [0.15, 0.2) is 58.6 Å². The smallest absolute Gasteiger partial charge is 0.243 e. The van der Waals surface area contributed by atoms with Crippen molar-refractivity contribution in [2.45, 2.75) is 110 Å². The van der Waals surface area contributed by atoms with Crippen LogP contribution in [0.3, 0.4) is 0 Å². The maximum atomic E-state index is 14.4. The number of anilines is 3. The lowest BCUT2D eigenvalue weighted by atomic mass is 9.91. The van der Waals surface area contributed by atoms with Gasteiger partial charge in [-0.3, -0.25) is 14.3 Å². The van der Waals surface area contributed by atoms with E-state index in [9.17, 15) is 24.2 Å².